The Bertz CT molecular complexity index is 1010. The molecule has 3 rings (SSSR count). The molecule has 1 aromatic carbocycles. The number of carbonyl (C=O) groups excluding carboxylic acids is 1. The van der Waals surface area contributed by atoms with E-state index in [0.29, 0.717) is 18.1 Å². The van der Waals surface area contributed by atoms with Gasteiger partial charge in [-0.05, 0) is 30.7 Å². The van der Waals surface area contributed by atoms with Crippen LogP contribution in [-0.2, 0) is 14.1 Å². The Hall–Kier alpha value is -2.98. The largest absolute Gasteiger partial charge is 0.494 e. The van der Waals surface area contributed by atoms with Crippen molar-refractivity contribution < 1.29 is 9.53 Å². The molecular weight excluding hydrogens is 436 g/mol. The number of benzene rings is 1. The molecule has 176 valence electrons. The summed E-state index contributed by atoms with van der Waals surface area (Å²) in [5, 5.41) is 5.21. The SMILES string of the molecule is CNC(=O)Nc1ccc(OCCCN2CCN(c3cc(=O)n(C)c(=O)n3C)CC2)cc1.Cl. The molecule has 0 bridgehead atoms. The maximum Gasteiger partial charge on any atom is 0.332 e. The molecule has 0 spiro atoms. The molecule has 1 saturated heterocycles. The van der Waals surface area contributed by atoms with Crippen LogP contribution in [0.2, 0.25) is 0 Å². The average molecular weight is 467 g/mol. The number of carbonyl (C=O) groups is 1. The van der Waals surface area contributed by atoms with Crippen molar-refractivity contribution in [1.29, 1.82) is 0 Å². The Morgan fingerprint density at radius 3 is 2.31 bits per heavy atom. The fourth-order valence-corrected chi connectivity index (χ4v) is 3.53. The van der Waals surface area contributed by atoms with Gasteiger partial charge in [0.15, 0.2) is 0 Å². The van der Waals surface area contributed by atoms with Crippen molar-refractivity contribution in [3.8, 4) is 5.75 Å². The molecule has 2 N–H and O–H groups in total. The van der Waals surface area contributed by atoms with Crippen LogP contribution in [0.4, 0.5) is 16.3 Å². The van der Waals surface area contributed by atoms with Gasteiger partial charge in [0.25, 0.3) is 5.56 Å². The summed E-state index contributed by atoms with van der Waals surface area (Å²) in [6.07, 6.45) is 0.891. The lowest BCUT2D eigenvalue weighted by Crippen LogP contribution is -2.49. The highest BCUT2D eigenvalue weighted by Crippen LogP contribution is 2.16. The zero-order valence-electron chi connectivity index (χ0n) is 18.7. The minimum absolute atomic E-state index is 0. The number of nitrogens with one attached hydrogen (secondary N) is 2. The number of amides is 2. The second-order valence-electron chi connectivity index (χ2n) is 7.50. The van der Waals surface area contributed by atoms with Crippen molar-refractivity contribution in [2.75, 3.05) is 56.6 Å². The number of hydrogen-bond donors (Lipinski definition) is 2. The summed E-state index contributed by atoms with van der Waals surface area (Å²) < 4.78 is 8.43. The van der Waals surface area contributed by atoms with Crippen LogP contribution >= 0.6 is 12.4 Å². The van der Waals surface area contributed by atoms with Crippen LogP contribution in [-0.4, -0.2) is 66.4 Å². The summed E-state index contributed by atoms with van der Waals surface area (Å²) in [6.45, 7) is 4.78. The van der Waals surface area contributed by atoms with Crippen LogP contribution in [0.25, 0.3) is 0 Å². The van der Waals surface area contributed by atoms with E-state index in [0.717, 1.165) is 49.5 Å². The number of nitrogens with zero attached hydrogens (tertiary/aromatic N) is 4. The van der Waals surface area contributed by atoms with Crippen LogP contribution in [0.1, 0.15) is 6.42 Å². The number of ether oxygens (including phenoxy) is 1. The molecule has 0 saturated carbocycles. The maximum atomic E-state index is 12.1. The quantitative estimate of drug-likeness (QED) is 0.587. The lowest BCUT2D eigenvalue weighted by molar-refractivity contribution is 0.224. The van der Waals surface area contributed by atoms with E-state index in [9.17, 15) is 14.4 Å². The van der Waals surface area contributed by atoms with E-state index in [1.807, 2.05) is 12.1 Å². The van der Waals surface area contributed by atoms with E-state index in [2.05, 4.69) is 20.4 Å². The molecule has 10 nitrogen and oxygen atoms in total. The minimum atomic E-state index is -0.306. The van der Waals surface area contributed by atoms with Crippen molar-refractivity contribution in [2.24, 2.45) is 14.1 Å². The van der Waals surface area contributed by atoms with Crippen molar-refractivity contribution in [3.63, 3.8) is 0 Å². The number of piperazine rings is 1. The summed E-state index contributed by atoms with van der Waals surface area (Å²) in [6, 6.07) is 8.53. The smallest absolute Gasteiger partial charge is 0.332 e. The Morgan fingerprint density at radius 1 is 1.03 bits per heavy atom. The molecule has 1 fully saturated rings. The van der Waals surface area contributed by atoms with Crippen LogP contribution in [0.3, 0.4) is 0 Å². The molecule has 0 atom stereocenters. The second-order valence-corrected chi connectivity index (χ2v) is 7.50. The molecule has 32 heavy (non-hydrogen) atoms. The van der Waals surface area contributed by atoms with Gasteiger partial charge < -0.3 is 20.3 Å². The van der Waals surface area contributed by atoms with Crippen LogP contribution in [0.5, 0.6) is 5.75 Å². The zero-order chi connectivity index (χ0) is 22.4. The number of urea groups is 1. The first kappa shape index (κ1) is 25.3. The Kier molecular flexibility index (Phi) is 9.15. The molecule has 2 aromatic rings. The van der Waals surface area contributed by atoms with Gasteiger partial charge in [0.2, 0.25) is 0 Å². The molecule has 0 aliphatic carbocycles. The van der Waals surface area contributed by atoms with Gasteiger partial charge in [-0.3, -0.25) is 18.8 Å². The minimum Gasteiger partial charge on any atom is -0.494 e. The highest BCUT2D eigenvalue weighted by molar-refractivity contribution is 5.88. The van der Waals surface area contributed by atoms with Gasteiger partial charge in [-0.15, -0.1) is 12.4 Å². The molecule has 0 unspecified atom stereocenters. The van der Waals surface area contributed by atoms with Crippen molar-refractivity contribution in [1.82, 2.24) is 19.4 Å². The van der Waals surface area contributed by atoms with Crippen LogP contribution in [0.15, 0.2) is 39.9 Å². The predicted molar refractivity (Wildman–Crippen MR) is 127 cm³/mol. The van der Waals surface area contributed by atoms with E-state index >= 15 is 0 Å². The number of aromatic nitrogens is 2. The molecule has 2 heterocycles. The molecule has 2 amide bonds. The summed E-state index contributed by atoms with van der Waals surface area (Å²) >= 11 is 0. The van der Waals surface area contributed by atoms with Crippen LogP contribution < -0.4 is 31.5 Å². The van der Waals surface area contributed by atoms with Gasteiger partial charge in [0.1, 0.15) is 11.6 Å². The Labute approximate surface area is 193 Å². The summed E-state index contributed by atoms with van der Waals surface area (Å²) in [7, 11) is 4.76. The van der Waals surface area contributed by atoms with Crippen molar-refractivity contribution >= 4 is 29.9 Å². The van der Waals surface area contributed by atoms with Crippen molar-refractivity contribution in [2.45, 2.75) is 6.42 Å². The molecule has 1 aromatic heterocycles. The lowest BCUT2D eigenvalue weighted by Gasteiger charge is -2.36. The first-order valence-corrected chi connectivity index (χ1v) is 10.3. The third-order valence-corrected chi connectivity index (χ3v) is 5.42. The molecular formula is C21H31ClN6O4. The van der Waals surface area contributed by atoms with E-state index in [1.54, 1.807) is 26.2 Å². The van der Waals surface area contributed by atoms with Gasteiger partial charge in [0.05, 0.1) is 6.61 Å². The first-order valence-electron chi connectivity index (χ1n) is 10.3. The highest BCUT2D eigenvalue weighted by Gasteiger charge is 2.20. The second kappa shape index (κ2) is 11.6. The average Bonchev–Trinajstić information content (AvgIpc) is 2.79. The van der Waals surface area contributed by atoms with E-state index in [4.69, 9.17) is 4.74 Å². The third kappa shape index (κ3) is 6.27. The third-order valence-electron chi connectivity index (χ3n) is 5.42. The molecule has 1 aliphatic rings. The van der Waals surface area contributed by atoms with E-state index < -0.39 is 0 Å². The predicted octanol–water partition coefficient (Wildman–Crippen LogP) is 0.848. The van der Waals surface area contributed by atoms with Crippen molar-refractivity contribution in [3.05, 3.63) is 51.2 Å². The number of halogens is 1. The van der Waals surface area contributed by atoms with E-state index in [-0.39, 0.29) is 29.7 Å². The van der Waals surface area contributed by atoms with Gasteiger partial charge in [-0.2, -0.15) is 0 Å². The Balaban J connectivity index is 0.00000363. The molecule has 11 heteroatoms. The Morgan fingerprint density at radius 2 is 1.69 bits per heavy atom. The van der Waals surface area contributed by atoms with Gasteiger partial charge in [-0.1, -0.05) is 0 Å². The summed E-state index contributed by atoms with van der Waals surface area (Å²) in [4.78, 5) is 39.9. The lowest BCUT2D eigenvalue weighted by atomic mass is 10.3. The number of rotatable bonds is 7. The maximum absolute atomic E-state index is 12.1. The number of anilines is 2. The first-order chi connectivity index (χ1) is 14.9. The van der Waals surface area contributed by atoms with Gasteiger partial charge in [0, 0.05) is 65.6 Å². The summed E-state index contributed by atoms with van der Waals surface area (Å²) in [5.74, 6) is 1.43. The fraction of sp³-hybridized carbons (Fsp3) is 0.476. The normalized spacial score (nSPS) is 13.9. The molecule has 0 radical (unpaired) electrons. The van der Waals surface area contributed by atoms with Gasteiger partial charge >= 0.3 is 11.7 Å². The zero-order valence-corrected chi connectivity index (χ0v) is 19.5. The molecule has 1 aliphatic heterocycles. The van der Waals surface area contributed by atoms with E-state index in [1.165, 1.54) is 17.7 Å². The summed E-state index contributed by atoms with van der Waals surface area (Å²) in [5.41, 5.74) is 0.119. The number of hydrogen-bond acceptors (Lipinski definition) is 6. The monoisotopic (exact) mass is 466 g/mol. The van der Waals surface area contributed by atoms with Gasteiger partial charge in [-0.25, -0.2) is 9.59 Å². The fourth-order valence-electron chi connectivity index (χ4n) is 3.53. The van der Waals surface area contributed by atoms with Crippen LogP contribution in [0, 0.1) is 0 Å². The standard InChI is InChI=1S/C21H30N6O4.ClH/c1-22-20(29)23-16-5-7-17(8-6-16)31-14-4-9-26-10-12-27(13-11-26)18-15-19(28)25(3)21(30)24(18)2;/h5-8,15H,4,9-14H2,1-3H3,(H2,22,23,29);1H. The topological polar surface area (TPSA) is 101 Å². The highest BCUT2D eigenvalue weighted by atomic mass is 35.5.